The smallest absolute Gasteiger partial charge is 0.155 e. The summed E-state index contributed by atoms with van der Waals surface area (Å²) in [5.74, 6) is 1.54. The number of hydrogen-bond donors (Lipinski definition) is 1. The third kappa shape index (κ3) is 4.28. The molecule has 0 spiro atoms. The molecule has 1 N–H and O–H groups in total. The number of likely N-dealkylation sites (tertiary alicyclic amines) is 1. The Bertz CT molecular complexity index is 316. The Morgan fingerprint density at radius 1 is 1.41 bits per heavy atom. The van der Waals surface area contributed by atoms with Gasteiger partial charge in [0.15, 0.2) is 5.75 Å². The summed E-state index contributed by atoms with van der Waals surface area (Å²) in [5, 5.41) is 7.00. The molecule has 0 bridgehead atoms. The fraction of sp³-hybridized carbons (Fsp3) is 0.667. The highest BCUT2D eigenvalue weighted by Crippen LogP contribution is 2.16. The minimum atomic E-state index is 0.548. The number of aryl methyl sites for hydroxylation is 1. The molecule has 1 aromatic rings. The first-order chi connectivity index (χ1) is 8.25. The molecule has 1 atom stereocenters. The molecule has 0 unspecified atom stereocenters. The van der Waals surface area contributed by atoms with Gasteiger partial charge in [-0.3, -0.25) is 0 Å². The molecule has 2 rings (SSSR count). The maximum absolute atomic E-state index is 7.00. The third-order valence-electron chi connectivity index (χ3n) is 2.87. The van der Waals surface area contributed by atoms with Crippen molar-refractivity contribution in [1.82, 2.24) is 14.9 Å². The average molecular weight is 239 g/mol. The second-order valence-electron chi connectivity index (χ2n) is 4.05. The normalized spacial score (nSPS) is 19.6. The Morgan fingerprint density at radius 2 is 2.06 bits per heavy atom. The van der Waals surface area contributed by atoms with E-state index in [2.05, 4.69) is 21.9 Å². The molecular formula is C12H21N3O2. The van der Waals surface area contributed by atoms with Crippen molar-refractivity contribution in [2.45, 2.75) is 25.8 Å². The van der Waals surface area contributed by atoms with E-state index in [1.807, 2.05) is 6.92 Å². The number of rotatable bonds is 3. The summed E-state index contributed by atoms with van der Waals surface area (Å²) in [5.41, 5.74) is 0. The van der Waals surface area contributed by atoms with Gasteiger partial charge in [-0.25, -0.2) is 9.97 Å². The van der Waals surface area contributed by atoms with Crippen LogP contribution < -0.4 is 4.74 Å². The Kier molecular flexibility index (Phi) is 5.86. The first-order valence-electron chi connectivity index (χ1n) is 5.82. The topological polar surface area (TPSA) is 58.5 Å². The van der Waals surface area contributed by atoms with Crippen LogP contribution in [-0.2, 0) is 0 Å². The number of hydrogen-bond acceptors (Lipinski definition) is 5. The Morgan fingerprint density at radius 3 is 2.59 bits per heavy atom. The number of aromatic nitrogens is 2. The first-order valence-corrected chi connectivity index (χ1v) is 5.82. The van der Waals surface area contributed by atoms with E-state index < -0.39 is 0 Å². The maximum atomic E-state index is 7.00. The third-order valence-corrected chi connectivity index (χ3v) is 2.87. The van der Waals surface area contributed by atoms with Gasteiger partial charge in [0.2, 0.25) is 0 Å². The number of ether oxygens (including phenoxy) is 1. The molecule has 1 saturated heterocycles. The monoisotopic (exact) mass is 239 g/mol. The lowest BCUT2D eigenvalue weighted by Gasteiger charge is -2.19. The van der Waals surface area contributed by atoms with Gasteiger partial charge in [0.25, 0.3) is 0 Å². The second kappa shape index (κ2) is 7.19. The minimum Gasteiger partial charge on any atom is -0.489 e. The molecule has 2 heterocycles. The fourth-order valence-corrected chi connectivity index (χ4v) is 1.84. The van der Waals surface area contributed by atoms with Crippen LogP contribution in [0.15, 0.2) is 12.4 Å². The van der Waals surface area contributed by atoms with Crippen molar-refractivity contribution >= 4 is 0 Å². The molecule has 96 valence electrons. The van der Waals surface area contributed by atoms with Crippen molar-refractivity contribution in [1.29, 1.82) is 0 Å². The molecule has 1 aromatic heterocycles. The SMILES string of the molecule is CO.Cc1ncc(OC[C@H]2CCCN2C)cn1. The van der Waals surface area contributed by atoms with E-state index in [1.54, 1.807) is 12.4 Å². The molecule has 1 aliphatic heterocycles. The largest absolute Gasteiger partial charge is 0.489 e. The molecule has 5 heteroatoms. The van der Waals surface area contributed by atoms with Gasteiger partial charge in [-0.2, -0.15) is 0 Å². The van der Waals surface area contributed by atoms with Crippen molar-refractivity contribution in [3.63, 3.8) is 0 Å². The molecule has 0 amide bonds. The lowest BCUT2D eigenvalue weighted by Crippen LogP contribution is -2.30. The van der Waals surface area contributed by atoms with E-state index >= 15 is 0 Å². The minimum absolute atomic E-state index is 0.548. The Hall–Kier alpha value is -1.20. The van der Waals surface area contributed by atoms with Crippen LogP contribution >= 0.6 is 0 Å². The van der Waals surface area contributed by atoms with E-state index in [0.29, 0.717) is 6.04 Å². The van der Waals surface area contributed by atoms with Gasteiger partial charge in [-0.05, 0) is 33.4 Å². The van der Waals surface area contributed by atoms with Gasteiger partial charge in [0.05, 0.1) is 12.4 Å². The van der Waals surface area contributed by atoms with Crippen molar-refractivity contribution in [2.75, 3.05) is 27.3 Å². The summed E-state index contributed by atoms with van der Waals surface area (Å²) in [6, 6.07) is 0.548. The molecule has 0 aromatic carbocycles. The van der Waals surface area contributed by atoms with E-state index in [0.717, 1.165) is 25.3 Å². The zero-order valence-electron chi connectivity index (χ0n) is 10.8. The molecule has 5 nitrogen and oxygen atoms in total. The van der Waals surface area contributed by atoms with Gasteiger partial charge < -0.3 is 14.7 Å². The van der Waals surface area contributed by atoms with Crippen LogP contribution in [0.3, 0.4) is 0 Å². The molecule has 1 fully saturated rings. The lowest BCUT2D eigenvalue weighted by molar-refractivity contribution is 0.197. The fourth-order valence-electron chi connectivity index (χ4n) is 1.84. The zero-order chi connectivity index (χ0) is 12.7. The van der Waals surface area contributed by atoms with E-state index in [4.69, 9.17) is 9.84 Å². The van der Waals surface area contributed by atoms with E-state index in [1.165, 1.54) is 19.4 Å². The van der Waals surface area contributed by atoms with Gasteiger partial charge in [-0.1, -0.05) is 0 Å². The highest BCUT2D eigenvalue weighted by atomic mass is 16.5. The molecular weight excluding hydrogens is 218 g/mol. The highest BCUT2D eigenvalue weighted by molar-refractivity contribution is 5.12. The summed E-state index contributed by atoms with van der Waals surface area (Å²) in [6.45, 7) is 3.79. The van der Waals surface area contributed by atoms with E-state index in [-0.39, 0.29) is 0 Å². The van der Waals surface area contributed by atoms with Crippen LogP contribution in [0.25, 0.3) is 0 Å². The van der Waals surface area contributed by atoms with Crippen molar-refractivity contribution in [2.24, 2.45) is 0 Å². The van der Waals surface area contributed by atoms with Crippen LogP contribution in [0.2, 0.25) is 0 Å². The van der Waals surface area contributed by atoms with Crippen LogP contribution in [0.5, 0.6) is 5.75 Å². The summed E-state index contributed by atoms with van der Waals surface area (Å²) >= 11 is 0. The summed E-state index contributed by atoms with van der Waals surface area (Å²) in [6.07, 6.45) is 5.96. The van der Waals surface area contributed by atoms with Gasteiger partial charge in [0.1, 0.15) is 12.4 Å². The van der Waals surface area contributed by atoms with Crippen molar-refractivity contribution < 1.29 is 9.84 Å². The summed E-state index contributed by atoms with van der Waals surface area (Å²) in [4.78, 5) is 10.5. The molecule has 17 heavy (non-hydrogen) atoms. The highest BCUT2D eigenvalue weighted by Gasteiger charge is 2.21. The van der Waals surface area contributed by atoms with Gasteiger partial charge in [0, 0.05) is 13.2 Å². The lowest BCUT2D eigenvalue weighted by atomic mass is 10.2. The Labute approximate surface area is 102 Å². The zero-order valence-corrected chi connectivity index (χ0v) is 10.8. The number of likely N-dealkylation sites (N-methyl/N-ethyl adjacent to an activating group) is 1. The molecule has 0 saturated carbocycles. The number of aliphatic hydroxyl groups excluding tert-OH is 1. The van der Waals surface area contributed by atoms with Gasteiger partial charge in [-0.15, -0.1) is 0 Å². The standard InChI is InChI=1S/C11H17N3O.CH4O/c1-9-12-6-11(7-13-9)15-8-10-4-3-5-14(10)2;1-2/h6-7,10H,3-5,8H2,1-2H3;2H,1H3/t10-;/m1./s1. The molecule has 0 radical (unpaired) electrons. The van der Waals surface area contributed by atoms with Crippen LogP contribution in [0, 0.1) is 6.92 Å². The van der Waals surface area contributed by atoms with Crippen molar-refractivity contribution in [3.05, 3.63) is 18.2 Å². The Balaban J connectivity index is 0.000000686. The summed E-state index contributed by atoms with van der Waals surface area (Å²) < 4.78 is 5.65. The van der Waals surface area contributed by atoms with Crippen LogP contribution in [0.4, 0.5) is 0 Å². The number of nitrogens with zero attached hydrogens (tertiary/aromatic N) is 3. The summed E-state index contributed by atoms with van der Waals surface area (Å²) in [7, 11) is 3.15. The van der Waals surface area contributed by atoms with Gasteiger partial charge >= 0.3 is 0 Å². The van der Waals surface area contributed by atoms with E-state index in [9.17, 15) is 0 Å². The maximum Gasteiger partial charge on any atom is 0.155 e. The van der Waals surface area contributed by atoms with Crippen LogP contribution in [0.1, 0.15) is 18.7 Å². The number of aliphatic hydroxyl groups is 1. The predicted molar refractivity (Wildman–Crippen MR) is 66.1 cm³/mol. The first kappa shape index (κ1) is 13.9. The van der Waals surface area contributed by atoms with Crippen LogP contribution in [-0.4, -0.2) is 53.3 Å². The predicted octanol–water partition coefficient (Wildman–Crippen LogP) is 0.867. The quantitative estimate of drug-likeness (QED) is 0.848. The van der Waals surface area contributed by atoms with Crippen molar-refractivity contribution in [3.8, 4) is 5.75 Å². The average Bonchev–Trinajstić information content (AvgIpc) is 2.77. The second-order valence-corrected chi connectivity index (χ2v) is 4.05. The molecule has 1 aliphatic rings. The molecule has 0 aliphatic carbocycles.